The molecule has 2 aromatic rings. The SMILES string of the molecule is CCC(C(=O)O)n1c(=O)n(C)c2ccccc21. The first-order valence-corrected chi connectivity index (χ1v) is 5.46. The highest BCUT2D eigenvalue weighted by molar-refractivity contribution is 5.80. The average molecular weight is 234 g/mol. The largest absolute Gasteiger partial charge is 0.480 e. The molecule has 1 aromatic heterocycles. The summed E-state index contributed by atoms with van der Waals surface area (Å²) in [6.45, 7) is 1.76. The summed E-state index contributed by atoms with van der Waals surface area (Å²) in [6, 6.07) is 6.39. The highest BCUT2D eigenvalue weighted by Gasteiger charge is 2.23. The smallest absolute Gasteiger partial charge is 0.329 e. The number of aliphatic carboxylic acids is 1. The van der Waals surface area contributed by atoms with Crippen LogP contribution in [0.15, 0.2) is 29.1 Å². The van der Waals surface area contributed by atoms with Crippen molar-refractivity contribution in [3.63, 3.8) is 0 Å². The molecule has 1 heterocycles. The molecule has 1 unspecified atom stereocenters. The second-order valence-electron chi connectivity index (χ2n) is 3.96. The van der Waals surface area contributed by atoms with Crippen LogP contribution in [-0.2, 0) is 11.8 Å². The number of carboxylic acid groups (broad SMARTS) is 1. The van der Waals surface area contributed by atoms with E-state index in [1.54, 1.807) is 26.1 Å². The van der Waals surface area contributed by atoms with E-state index in [-0.39, 0.29) is 5.69 Å². The Hall–Kier alpha value is -2.04. The van der Waals surface area contributed by atoms with Crippen molar-refractivity contribution < 1.29 is 9.90 Å². The van der Waals surface area contributed by atoms with E-state index in [1.807, 2.05) is 12.1 Å². The number of rotatable bonds is 3. The number of para-hydroxylation sites is 2. The fourth-order valence-electron chi connectivity index (χ4n) is 2.09. The molecule has 5 heteroatoms. The molecule has 0 aliphatic carbocycles. The Balaban J connectivity index is 2.81. The van der Waals surface area contributed by atoms with E-state index in [0.717, 1.165) is 5.52 Å². The van der Waals surface area contributed by atoms with E-state index >= 15 is 0 Å². The third-order valence-corrected chi connectivity index (χ3v) is 2.98. The zero-order valence-corrected chi connectivity index (χ0v) is 9.75. The molecule has 0 bridgehead atoms. The van der Waals surface area contributed by atoms with Gasteiger partial charge < -0.3 is 5.11 Å². The van der Waals surface area contributed by atoms with Crippen molar-refractivity contribution >= 4 is 17.0 Å². The minimum atomic E-state index is -0.981. The molecule has 0 aliphatic heterocycles. The summed E-state index contributed by atoms with van der Waals surface area (Å²) in [7, 11) is 1.65. The molecule has 0 amide bonds. The van der Waals surface area contributed by atoms with Crippen LogP contribution in [0.25, 0.3) is 11.0 Å². The fraction of sp³-hybridized carbons (Fsp3) is 0.333. The standard InChI is InChI=1S/C12H14N2O3/c1-3-8(11(15)16)14-10-7-5-4-6-9(10)13(2)12(14)17/h4-8H,3H2,1-2H3,(H,15,16). The van der Waals surface area contributed by atoms with E-state index in [4.69, 9.17) is 5.11 Å². The third-order valence-electron chi connectivity index (χ3n) is 2.98. The predicted molar refractivity (Wildman–Crippen MR) is 64.1 cm³/mol. The van der Waals surface area contributed by atoms with Crippen LogP contribution in [-0.4, -0.2) is 20.2 Å². The van der Waals surface area contributed by atoms with Crippen molar-refractivity contribution in [2.75, 3.05) is 0 Å². The van der Waals surface area contributed by atoms with Crippen LogP contribution in [0, 0.1) is 0 Å². The van der Waals surface area contributed by atoms with Gasteiger partial charge in [0, 0.05) is 7.05 Å². The van der Waals surface area contributed by atoms with Crippen LogP contribution >= 0.6 is 0 Å². The molecule has 0 fully saturated rings. The average Bonchev–Trinajstić information content (AvgIpc) is 2.56. The molecule has 0 radical (unpaired) electrons. The highest BCUT2D eigenvalue weighted by atomic mass is 16.4. The number of benzene rings is 1. The maximum Gasteiger partial charge on any atom is 0.329 e. The van der Waals surface area contributed by atoms with Gasteiger partial charge in [-0.25, -0.2) is 9.59 Å². The van der Waals surface area contributed by atoms with Crippen molar-refractivity contribution in [2.24, 2.45) is 7.05 Å². The van der Waals surface area contributed by atoms with E-state index in [0.29, 0.717) is 11.9 Å². The number of aryl methyl sites for hydroxylation is 1. The molecule has 0 saturated carbocycles. The van der Waals surface area contributed by atoms with Gasteiger partial charge in [-0.05, 0) is 18.6 Å². The van der Waals surface area contributed by atoms with Gasteiger partial charge in [0.15, 0.2) is 0 Å². The summed E-state index contributed by atoms with van der Waals surface area (Å²) < 4.78 is 2.82. The van der Waals surface area contributed by atoms with Gasteiger partial charge in [0.2, 0.25) is 0 Å². The van der Waals surface area contributed by atoms with Crippen molar-refractivity contribution in [1.29, 1.82) is 0 Å². The Bertz CT molecular complexity index is 624. The summed E-state index contributed by atoms with van der Waals surface area (Å²) in [4.78, 5) is 23.2. The first-order valence-electron chi connectivity index (χ1n) is 5.46. The zero-order chi connectivity index (χ0) is 12.6. The summed E-state index contributed by atoms with van der Waals surface area (Å²) >= 11 is 0. The molecule has 90 valence electrons. The van der Waals surface area contributed by atoms with Gasteiger partial charge >= 0.3 is 11.7 Å². The Morgan fingerprint density at radius 1 is 1.35 bits per heavy atom. The second kappa shape index (κ2) is 4.08. The van der Waals surface area contributed by atoms with Crippen molar-refractivity contribution in [1.82, 2.24) is 9.13 Å². The van der Waals surface area contributed by atoms with Crippen molar-refractivity contribution in [3.05, 3.63) is 34.7 Å². The number of nitrogens with zero attached hydrogens (tertiary/aromatic N) is 2. The van der Waals surface area contributed by atoms with Crippen molar-refractivity contribution in [2.45, 2.75) is 19.4 Å². The number of aromatic nitrogens is 2. The quantitative estimate of drug-likeness (QED) is 0.872. The summed E-state index contributed by atoms with van der Waals surface area (Å²) in [5.41, 5.74) is 1.12. The van der Waals surface area contributed by atoms with Gasteiger partial charge in [0.05, 0.1) is 11.0 Å². The normalized spacial score (nSPS) is 12.8. The number of imidazole rings is 1. The molecular weight excluding hydrogens is 220 g/mol. The first-order chi connectivity index (χ1) is 8.07. The van der Waals surface area contributed by atoms with E-state index in [1.165, 1.54) is 9.13 Å². The van der Waals surface area contributed by atoms with Gasteiger partial charge in [-0.15, -0.1) is 0 Å². The number of fused-ring (bicyclic) bond motifs is 1. The molecule has 0 aliphatic rings. The summed E-state index contributed by atoms with van der Waals surface area (Å²) in [5.74, 6) is -0.981. The molecule has 2 rings (SSSR count). The summed E-state index contributed by atoms with van der Waals surface area (Å²) in [5, 5.41) is 9.15. The molecular formula is C12H14N2O3. The Kier molecular flexibility index (Phi) is 2.75. The lowest BCUT2D eigenvalue weighted by molar-refractivity contribution is -0.141. The lowest BCUT2D eigenvalue weighted by atomic mass is 10.2. The molecule has 5 nitrogen and oxygen atoms in total. The maximum atomic E-state index is 12.1. The van der Waals surface area contributed by atoms with Crippen LogP contribution in [0.2, 0.25) is 0 Å². The Morgan fingerprint density at radius 3 is 2.47 bits per heavy atom. The lowest BCUT2D eigenvalue weighted by Gasteiger charge is -2.11. The highest BCUT2D eigenvalue weighted by Crippen LogP contribution is 2.18. The van der Waals surface area contributed by atoms with Gasteiger partial charge in [0.25, 0.3) is 0 Å². The zero-order valence-electron chi connectivity index (χ0n) is 9.75. The number of carbonyl (C=O) groups is 1. The van der Waals surface area contributed by atoms with Gasteiger partial charge in [-0.2, -0.15) is 0 Å². The van der Waals surface area contributed by atoms with Gasteiger partial charge in [0.1, 0.15) is 6.04 Å². The van der Waals surface area contributed by atoms with E-state index < -0.39 is 12.0 Å². The number of carboxylic acids is 1. The maximum absolute atomic E-state index is 12.1. The minimum absolute atomic E-state index is 0.291. The number of hydrogen-bond donors (Lipinski definition) is 1. The van der Waals surface area contributed by atoms with Crippen LogP contribution in [0.3, 0.4) is 0 Å². The Labute approximate surface area is 97.9 Å². The van der Waals surface area contributed by atoms with Crippen LogP contribution < -0.4 is 5.69 Å². The minimum Gasteiger partial charge on any atom is -0.480 e. The molecule has 1 aromatic carbocycles. The Morgan fingerprint density at radius 2 is 1.94 bits per heavy atom. The number of hydrogen-bond acceptors (Lipinski definition) is 2. The lowest BCUT2D eigenvalue weighted by Crippen LogP contribution is -2.30. The van der Waals surface area contributed by atoms with Crippen LogP contribution in [0.5, 0.6) is 0 Å². The van der Waals surface area contributed by atoms with Crippen LogP contribution in [0.4, 0.5) is 0 Å². The monoisotopic (exact) mass is 234 g/mol. The second-order valence-corrected chi connectivity index (χ2v) is 3.96. The van der Waals surface area contributed by atoms with E-state index in [2.05, 4.69) is 0 Å². The van der Waals surface area contributed by atoms with E-state index in [9.17, 15) is 9.59 Å². The molecule has 17 heavy (non-hydrogen) atoms. The summed E-state index contributed by atoms with van der Waals surface area (Å²) in [6.07, 6.45) is 0.378. The molecule has 1 atom stereocenters. The predicted octanol–water partition coefficient (Wildman–Crippen LogP) is 1.38. The van der Waals surface area contributed by atoms with Crippen molar-refractivity contribution in [3.8, 4) is 0 Å². The molecule has 0 saturated heterocycles. The first kappa shape index (κ1) is 11.4. The van der Waals surface area contributed by atoms with Crippen LogP contribution in [0.1, 0.15) is 19.4 Å². The topological polar surface area (TPSA) is 64.2 Å². The van der Waals surface area contributed by atoms with Gasteiger partial charge in [-0.1, -0.05) is 19.1 Å². The third kappa shape index (κ3) is 1.63. The molecule has 1 N–H and O–H groups in total. The van der Waals surface area contributed by atoms with Gasteiger partial charge in [-0.3, -0.25) is 9.13 Å². The fourth-order valence-corrected chi connectivity index (χ4v) is 2.09. The molecule has 0 spiro atoms.